The number of aliphatic imine (C=N–C) groups is 1. The second-order valence-electron chi connectivity index (χ2n) is 5.20. The topological polar surface area (TPSA) is 56.9 Å². The number of halogens is 1. The average Bonchev–Trinajstić information content (AvgIpc) is 3.20. The van der Waals surface area contributed by atoms with Crippen molar-refractivity contribution in [1.29, 1.82) is 0 Å². The molecule has 1 aliphatic heterocycles. The zero-order valence-corrected chi connectivity index (χ0v) is 12.1. The van der Waals surface area contributed by atoms with E-state index in [1.54, 1.807) is 0 Å². The maximum absolute atomic E-state index is 13.3. The molecule has 116 valence electrons. The van der Waals surface area contributed by atoms with Gasteiger partial charge in [-0.15, -0.1) is 0 Å². The Morgan fingerprint density at radius 3 is 2.91 bits per heavy atom. The molecule has 0 saturated carbocycles. The van der Waals surface area contributed by atoms with E-state index < -0.39 is 0 Å². The van der Waals surface area contributed by atoms with E-state index in [-0.39, 0.29) is 24.3 Å². The number of aromatic nitrogens is 1. The van der Waals surface area contributed by atoms with E-state index in [4.69, 9.17) is 14.0 Å². The third-order valence-electron chi connectivity index (χ3n) is 3.54. The van der Waals surface area contributed by atoms with Gasteiger partial charge in [0, 0.05) is 5.56 Å². The number of rotatable bonds is 4. The van der Waals surface area contributed by atoms with Crippen molar-refractivity contribution in [3.8, 4) is 5.88 Å². The number of benzene rings is 2. The van der Waals surface area contributed by atoms with E-state index in [9.17, 15) is 4.39 Å². The van der Waals surface area contributed by atoms with Crippen LogP contribution in [0.25, 0.3) is 11.0 Å². The summed E-state index contributed by atoms with van der Waals surface area (Å²) in [5.41, 5.74) is 1.42. The molecule has 0 radical (unpaired) electrons. The lowest BCUT2D eigenvalue weighted by atomic mass is 10.2. The molecule has 3 aromatic rings. The van der Waals surface area contributed by atoms with Crippen molar-refractivity contribution < 1.29 is 18.4 Å². The van der Waals surface area contributed by atoms with Gasteiger partial charge in [0.25, 0.3) is 5.88 Å². The molecule has 2 aromatic carbocycles. The van der Waals surface area contributed by atoms with Crippen molar-refractivity contribution in [2.75, 3.05) is 13.2 Å². The molecular formula is C17H13FN2O3. The summed E-state index contributed by atoms with van der Waals surface area (Å²) in [6, 6.07) is 13.7. The van der Waals surface area contributed by atoms with Gasteiger partial charge in [0.05, 0.1) is 5.39 Å². The molecular weight excluding hydrogens is 299 g/mol. The van der Waals surface area contributed by atoms with Gasteiger partial charge in [0.1, 0.15) is 25.1 Å². The largest absolute Gasteiger partial charge is 0.475 e. The van der Waals surface area contributed by atoms with Crippen LogP contribution in [0.1, 0.15) is 5.56 Å². The molecule has 1 unspecified atom stereocenters. The molecule has 0 bridgehead atoms. The quantitative estimate of drug-likeness (QED) is 0.742. The fraction of sp³-hybridized carbons (Fsp3) is 0.176. The van der Waals surface area contributed by atoms with Gasteiger partial charge in [0.2, 0.25) is 5.90 Å². The van der Waals surface area contributed by atoms with Crippen LogP contribution < -0.4 is 4.74 Å². The Hall–Kier alpha value is -2.89. The number of nitrogens with zero attached hydrogens (tertiary/aromatic N) is 2. The smallest absolute Gasteiger partial charge is 0.262 e. The highest BCUT2D eigenvalue weighted by Gasteiger charge is 2.21. The summed E-state index contributed by atoms with van der Waals surface area (Å²) in [5.74, 6) is 0.511. The van der Waals surface area contributed by atoms with Crippen molar-refractivity contribution in [3.63, 3.8) is 0 Å². The van der Waals surface area contributed by atoms with Crippen LogP contribution in [0.4, 0.5) is 4.39 Å². The summed E-state index contributed by atoms with van der Waals surface area (Å²) in [6.07, 6.45) is 0. The Labute approximate surface area is 131 Å². The van der Waals surface area contributed by atoms with Crippen molar-refractivity contribution in [1.82, 2.24) is 5.16 Å². The van der Waals surface area contributed by atoms with Gasteiger partial charge < -0.3 is 14.0 Å². The van der Waals surface area contributed by atoms with E-state index in [0.29, 0.717) is 23.5 Å². The monoisotopic (exact) mass is 312 g/mol. The van der Waals surface area contributed by atoms with Crippen molar-refractivity contribution >= 4 is 16.9 Å². The zero-order valence-electron chi connectivity index (χ0n) is 12.1. The van der Waals surface area contributed by atoms with E-state index >= 15 is 0 Å². The predicted octanol–water partition coefficient (Wildman–Crippen LogP) is 3.19. The Morgan fingerprint density at radius 1 is 1.17 bits per heavy atom. The van der Waals surface area contributed by atoms with Crippen molar-refractivity contribution in [2.24, 2.45) is 4.99 Å². The summed E-state index contributed by atoms with van der Waals surface area (Å²) in [5, 5.41) is 4.33. The number of ether oxygens (including phenoxy) is 2. The number of hydrogen-bond donors (Lipinski definition) is 0. The van der Waals surface area contributed by atoms with Gasteiger partial charge in [-0.05, 0) is 35.5 Å². The highest BCUT2D eigenvalue weighted by molar-refractivity contribution is 5.95. The molecule has 0 saturated heterocycles. The first-order valence-electron chi connectivity index (χ1n) is 7.23. The minimum absolute atomic E-state index is 0.134. The van der Waals surface area contributed by atoms with Crippen LogP contribution in [0.3, 0.4) is 0 Å². The van der Waals surface area contributed by atoms with Crippen LogP contribution in [-0.4, -0.2) is 30.3 Å². The van der Waals surface area contributed by atoms with Crippen LogP contribution in [-0.2, 0) is 4.74 Å². The second-order valence-corrected chi connectivity index (χ2v) is 5.20. The second kappa shape index (κ2) is 5.72. The molecule has 0 spiro atoms. The van der Waals surface area contributed by atoms with Crippen LogP contribution in [0.2, 0.25) is 0 Å². The molecule has 2 heterocycles. The van der Waals surface area contributed by atoms with Crippen molar-refractivity contribution in [3.05, 3.63) is 59.9 Å². The summed E-state index contributed by atoms with van der Waals surface area (Å²) < 4.78 is 29.6. The third kappa shape index (κ3) is 2.75. The van der Waals surface area contributed by atoms with Crippen LogP contribution in [0.15, 0.2) is 58.0 Å². The van der Waals surface area contributed by atoms with Gasteiger partial charge in [-0.25, -0.2) is 9.38 Å². The summed E-state index contributed by atoms with van der Waals surface area (Å²) in [6.45, 7) is 0.725. The fourth-order valence-electron chi connectivity index (χ4n) is 2.41. The van der Waals surface area contributed by atoms with Crippen molar-refractivity contribution in [2.45, 2.75) is 6.04 Å². The number of fused-ring (bicyclic) bond motifs is 1. The first-order valence-corrected chi connectivity index (χ1v) is 7.23. The Balaban J connectivity index is 1.47. The SMILES string of the molecule is Fc1ccc2onc(OCC3COC(c4ccccc4)=N3)c2c1. The molecule has 6 heteroatoms. The maximum atomic E-state index is 13.3. The van der Waals surface area contributed by atoms with Gasteiger partial charge >= 0.3 is 0 Å². The van der Waals surface area contributed by atoms with Gasteiger partial charge in [-0.2, -0.15) is 0 Å². The first-order chi connectivity index (χ1) is 11.3. The molecule has 0 N–H and O–H groups in total. The van der Waals surface area contributed by atoms with E-state index in [0.717, 1.165) is 5.56 Å². The normalized spacial score (nSPS) is 17.1. The standard InChI is InChI=1S/C17H13FN2O3/c18-12-6-7-15-14(8-12)17(20-23-15)22-10-13-9-21-16(19-13)11-4-2-1-3-5-11/h1-8,13H,9-10H2. The molecule has 1 atom stereocenters. The summed E-state index contributed by atoms with van der Waals surface area (Å²) in [4.78, 5) is 4.49. The van der Waals surface area contributed by atoms with Gasteiger partial charge in [-0.1, -0.05) is 18.2 Å². The van der Waals surface area contributed by atoms with Crippen LogP contribution >= 0.6 is 0 Å². The molecule has 5 nitrogen and oxygen atoms in total. The molecule has 4 rings (SSSR count). The lowest BCUT2D eigenvalue weighted by Gasteiger charge is -2.05. The number of hydrogen-bond acceptors (Lipinski definition) is 5. The lowest BCUT2D eigenvalue weighted by Crippen LogP contribution is -2.17. The average molecular weight is 312 g/mol. The Kier molecular flexibility index (Phi) is 3.42. The molecule has 23 heavy (non-hydrogen) atoms. The minimum atomic E-state index is -0.362. The summed E-state index contributed by atoms with van der Waals surface area (Å²) in [7, 11) is 0. The Bertz CT molecular complexity index is 861. The highest BCUT2D eigenvalue weighted by Crippen LogP contribution is 2.26. The maximum Gasteiger partial charge on any atom is 0.262 e. The van der Waals surface area contributed by atoms with Crippen LogP contribution in [0.5, 0.6) is 5.88 Å². The highest BCUT2D eigenvalue weighted by atomic mass is 19.1. The van der Waals surface area contributed by atoms with E-state index in [2.05, 4.69) is 10.1 Å². The first kappa shape index (κ1) is 13.8. The third-order valence-corrected chi connectivity index (χ3v) is 3.54. The van der Waals surface area contributed by atoms with Gasteiger partial charge in [0.15, 0.2) is 5.58 Å². The molecule has 0 fully saturated rings. The fourth-order valence-corrected chi connectivity index (χ4v) is 2.41. The lowest BCUT2D eigenvalue weighted by molar-refractivity contribution is 0.230. The zero-order chi connectivity index (χ0) is 15.6. The van der Waals surface area contributed by atoms with Crippen LogP contribution in [0, 0.1) is 5.82 Å². The van der Waals surface area contributed by atoms with E-state index in [1.165, 1.54) is 18.2 Å². The minimum Gasteiger partial charge on any atom is -0.475 e. The molecule has 1 aromatic heterocycles. The molecule has 1 aliphatic rings. The van der Waals surface area contributed by atoms with Gasteiger partial charge in [-0.3, -0.25) is 0 Å². The summed E-state index contributed by atoms with van der Waals surface area (Å²) >= 11 is 0. The molecule has 0 aliphatic carbocycles. The molecule has 0 amide bonds. The van der Waals surface area contributed by atoms with E-state index in [1.807, 2.05) is 30.3 Å². The predicted molar refractivity (Wildman–Crippen MR) is 82.2 cm³/mol. The Morgan fingerprint density at radius 2 is 2.04 bits per heavy atom.